The van der Waals surface area contributed by atoms with E-state index in [4.69, 9.17) is 0 Å². The lowest BCUT2D eigenvalue weighted by Crippen LogP contribution is -2.43. The summed E-state index contributed by atoms with van der Waals surface area (Å²) >= 11 is 1.30. The van der Waals surface area contributed by atoms with Crippen LogP contribution in [0.4, 0.5) is 0 Å². The maximum Gasteiger partial charge on any atom is 0.225 e. The van der Waals surface area contributed by atoms with Crippen molar-refractivity contribution in [2.45, 2.75) is 51.6 Å². The fourth-order valence-electron chi connectivity index (χ4n) is 3.65. The van der Waals surface area contributed by atoms with Crippen molar-refractivity contribution in [3.8, 4) is 0 Å². The number of hydrogen-bond donors (Lipinski definition) is 1. The third-order valence-electron chi connectivity index (χ3n) is 5.26. The van der Waals surface area contributed by atoms with E-state index in [1.165, 1.54) is 18.2 Å². The van der Waals surface area contributed by atoms with Crippen LogP contribution >= 0.6 is 11.8 Å². The van der Waals surface area contributed by atoms with Gasteiger partial charge in [0.15, 0.2) is 5.60 Å². The first-order valence-corrected chi connectivity index (χ1v) is 10.3. The van der Waals surface area contributed by atoms with Crippen LogP contribution in [0.25, 0.3) is 0 Å². The summed E-state index contributed by atoms with van der Waals surface area (Å²) in [4.78, 5) is 15.3. The molecule has 0 bridgehead atoms. The summed E-state index contributed by atoms with van der Waals surface area (Å²) in [6.07, 6.45) is 5.31. The molecule has 1 saturated carbocycles. The van der Waals surface area contributed by atoms with Gasteiger partial charge in [0, 0.05) is 12.3 Å². The molecule has 1 atom stereocenters. The van der Waals surface area contributed by atoms with Gasteiger partial charge in [-0.1, -0.05) is 75.2 Å². The average Bonchev–Trinajstić information content (AvgIpc) is 2.65. The summed E-state index contributed by atoms with van der Waals surface area (Å²) in [5.41, 5.74) is -0.576. The van der Waals surface area contributed by atoms with Gasteiger partial charge < -0.3 is 10.0 Å². The summed E-state index contributed by atoms with van der Waals surface area (Å²) in [6.45, 7) is 7.16. The van der Waals surface area contributed by atoms with E-state index in [-0.39, 0.29) is 11.0 Å². The van der Waals surface area contributed by atoms with Crippen molar-refractivity contribution in [1.29, 1.82) is 0 Å². The SMILES string of the molecule is CCN(CC)CCSC(=O)C(O)(c1ccccc1)C1CCCCC1. The van der Waals surface area contributed by atoms with E-state index in [1.54, 1.807) is 0 Å². The number of carbonyl (C=O) groups excluding carboxylic acids is 1. The van der Waals surface area contributed by atoms with Crippen molar-refractivity contribution >= 4 is 16.9 Å². The highest BCUT2D eigenvalue weighted by Gasteiger charge is 2.45. The minimum absolute atomic E-state index is 0.0436. The zero-order valence-electron chi connectivity index (χ0n) is 15.0. The Balaban J connectivity index is 2.11. The van der Waals surface area contributed by atoms with Crippen LogP contribution in [0.5, 0.6) is 0 Å². The first kappa shape index (κ1) is 19.5. The summed E-state index contributed by atoms with van der Waals surface area (Å²) in [5.74, 6) is 0.782. The Kier molecular flexibility index (Phi) is 7.79. The van der Waals surface area contributed by atoms with Crippen molar-refractivity contribution in [2.24, 2.45) is 5.92 Å². The molecule has 1 fully saturated rings. The Morgan fingerprint density at radius 2 is 1.79 bits per heavy atom. The Morgan fingerprint density at radius 1 is 1.17 bits per heavy atom. The molecule has 0 aromatic heterocycles. The number of aliphatic hydroxyl groups is 1. The summed E-state index contributed by atoms with van der Waals surface area (Å²) < 4.78 is 0. The van der Waals surface area contributed by atoms with Crippen molar-refractivity contribution < 1.29 is 9.90 Å². The summed E-state index contributed by atoms with van der Waals surface area (Å²) in [5, 5.41) is 11.4. The standard InChI is InChI=1S/C20H31NO2S/c1-3-21(4-2)15-16-24-19(22)20(23,17-11-7-5-8-12-17)18-13-9-6-10-14-18/h5,7-8,11-12,18,23H,3-4,6,9-10,13-16H2,1-2H3. The molecule has 0 spiro atoms. The first-order chi connectivity index (χ1) is 11.6. The van der Waals surface area contributed by atoms with E-state index >= 15 is 0 Å². The van der Waals surface area contributed by atoms with Crippen LogP contribution < -0.4 is 0 Å². The number of carbonyl (C=O) groups is 1. The normalized spacial score (nSPS) is 18.5. The van der Waals surface area contributed by atoms with E-state index in [1.807, 2.05) is 30.3 Å². The fraction of sp³-hybridized carbons (Fsp3) is 0.650. The molecule has 0 radical (unpaired) electrons. The Morgan fingerprint density at radius 3 is 2.38 bits per heavy atom. The number of hydrogen-bond acceptors (Lipinski definition) is 4. The van der Waals surface area contributed by atoms with Gasteiger partial charge in [0.1, 0.15) is 0 Å². The molecule has 1 aromatic rings. The van der Waals surface area contributed by atoms with Crippen LogP contribution in [0, 0.1) is 5.92 Å². The van der Waals surface area contributed by atoms with Crippen LogP contribution in [0.2, 0.25) is 0 Å². The van der Waals surface area contributed by atoms with Gasteiger partial charge in [-0.15, -0.1) is 0 Å². The van der Waals surface area contributed by atoms with Crippen LogP contribution in [0.3, 0.4) is 0 Å². The highest BCUT2D eigenvalue weighted by molar-refractivity contribution is 8.13. The zero-order valence-corrected chi connectivity index (χ0v) is 15.9. The van der Waals surface area contributed by atoms with Crippen LogP contribution in [0.15, 0.2) is 30.3 Å². The second-order valence-electron chi connectivity index (χ2n) is 6.63. The van der Waals surface area contributed by atoms with Gasteiger partial charge in [-0.3, -0.25) is 4.79 Å². The lowest BCUT2D eigenvalue weighted by atomic mass is 9.74. The summed E-state index contributed by atoms with van der Waals surface area (Å²) in [6, 6.07) is 9.56. The molecule has 0 amide bonds. The first-order valence-electron chi connectivity index (χ1n) is 9.30. The largest absolute Gasteiger partial charge is 0.376 e. The van der Waals surface area contributed by atoms with Crippen molar-refractivity contribution in [3.63, 3.8) is 0 Å². The van der Waals surface area contributed by atoms with Crippen LogP contribution in [-0.2, 0) is 10.4 Å². The number of nitrogens with zero attached hydrogens (tertiary/aromatic N) is 1. The summed E-state index contributed by atoms with van der Waals surface area (Å²) in [7, 11) is 0. The molecule has 2 rings (SSSR count). The molecule has 1 aromatic carbocycles. The third-order valence-corrected chi connectivity index (χ3v) is 6.22. The van der Waals surface area contributed by atoms with Gasteiger partial charge in [-0.2, -0.15) is 0 Å². The zero-order chi connectivity index (χ0) is 17.4. The topological polar surface area (TPSA) is 40.5 Å². The molecule has 1 aliphatic carbocycles. The van der Waals surface area contributed by atoms with E-state index in [0.29, 0.717) is 0 Å². The minimum atomic E-state index is -1.34. The molecular weight excluding hydrogens is 318 g/mol. The van der Waals surface area contributed by atoms with E-state index in [2.05, 4.69) is 18.7 Å². The minimum Gasteiger partial charge on any atom is -0.376 e. The molecule has 4 heteroatoms. The number of rotatable bonds is 8. The molecule has 24 heavy (non-hydrogen) atoms. The highest BCUT2D eigenvalue weighted by atomic mass is 32.2. The van der Waals surface area contributed by atoms with Crippen LogP contribution in [0.1, 0.15) is 51.5 Å². The average molecular weight is 350 g/mol. The van der Waals surface area contributed by atoms with E-state index in [0.717, 1.165) is 56.6 Å². The molecular formula is C20H31NO2S. The predicted octanol–water partition coefficient (Wildman–Crippen LogP) is 4.06. The predicted molar refractivity (Wildman–Crippen MR) is 102 cm³/mol. The van der Waals surface area contributed by atoms with Gasteiger partial charge in [-0.05, 0) is 37.4 Å². The molecule has 1 N–H and O–H groups in total. The van der Waals surface area contributed by atoms with E-state index in [9.17, 15) is 9.90 Å². The maximum atomic E-state index is 13.0. The Bertz CT molecular complexity index is 498. The fourth-order valence-corrected chi connectivity index (χ4v) is 4.69. The maximum absolute atomic E-state index is 13.0. The smallest absolute Gasteiger partial charge is 0.225 e. The molecule has 3 nitrogen and oxygen atoms in total. The van der Waals surface area contributed by atoms with Gasteiger partial charge >= 0.3 is 0 Å². The molecule has 0 saturated heterocycles. The molecule has 0 aliphatic heterocycles. The quantitative estimate of drug-likeness (QED) is 0.768. The van der Waals surface area contributed by atoms with Gasteiger partial charge in [-0.25, -0.2) is 0 Å². The Labute approximate surface area is 150 Å². The van der Waals surface area contributed by atoms with Crippen molar-refractivity contribution in [3.05, 3.63) is 35.9 Å². The number of benzene rings is 1. The van der Waals surface area contributed by atoms with E-state index < -0.39 is 5.60 Å². The molecule has 1 unspecified atom stereocenters. The van der Waals surface area contributed by atoms with Gasteiger partial charge in [0.25, 0.3) is 0 Å². The molecule has 134 valence electrons. The lowest BCUT2D eigenvalue weighted by molar-refractivity contribution is -0.136. The second kappa shape index (κ2) is 9.59. The Hall–Kier alpha value is -0.840. The third kappa shape index (κ3) is 4.62. The monoisotopic (exact) mass is 349 g/mol. The van der Waals surface area contributed by atoms with Gasteiger partial charge in [0.2, 0.25) is 5.12 Å². The van der Waals surface area contributed by atoms with Crippen molar-refractivity contribution in [2.75, 3.05) is 25.4 Å². The number of thioether (sulfide) groups is 1. The second-order valence-corrected chi connectivity index (χ2v) is 7.70. The molecule has 1 aliphatic rings. The van der Waals surface area contributed by atoms with Crippen LogP contribution in [-0.4, -0.2) is 40.5 Å². The highest BCUT2D eigenvalue weighted by Crippen LogP contribution is 2.42. The lowest BCUT2D eigenvalue weighted by Gasteiger charge is -2.37. The molecule has 0 heterocycles. The van der Waals surface area contributed by atoms with Crippen molar-refractivity contribution in [1.82, 2.24) is 4.90 Å². The van der Waals surface area contributed by atoms with Gasteiger partial charge in [0.05, 0.1) is 0 Å².